The molecule has 0 fully saturated rings. The molecular formula is C24H27N3O2. The van der Waals surface area contributed by atoms with Crippen LogP contribution in [0.2, 0.25) is 0 Å². The Hall–Kier alpha value is -3.34. The first-order valence-electron chi connectivity index (χ1n) is 9.88. The first-order valence-corrected chi connectivity index (χ1v) is 9.88. The lowest BCUT2D eigenvalue weighted by Gasteiger charge is -2.13. The number of para-hydroxylation sites is 1. The molecule has 1 heterocycles. The average molecular weight is 389 g/mol. The maximum Gasteiger partial charge on any atom is 0.259 e. The first-order chi connectivity index (χ1) is 14.0. The van der Waals surface area contributed by atoms with Gasteiger partial charge in [-0.3, -0.25) is 4.79 Å². The summed E-state index contributed by atoms with van der Waals surface area (Å²) >= 11 is 0. The number of hydrogen-bond donors (Lipinski definition) is 2. The molecule has 0 saturated carbocycles. The molecule has 5 heteroatoms. The molecule has 1 amide bonds. The van der Waals surface area contributed by atoms with E-state index < -0.39 is 0 Å². The quantitative estimate of drug-likeness (QED) is 0.546. The lowest BCUT2D eigenvalue weighted by Crippen LogP contribution is -2.17. The van der Waals surface area contributed by atoms with E-state index in [1.807, 2.05) is 62.4 Å². The summed E-state index contributed by atoms with van der Waals surface area (Å²) in [7, 11) is 0. The van der Waals surface area contributed by atoms with Crippen molar-refractivity contribution in [2.45, 2.75) is 40.0 Å². The van der Waals surface area contributed by atoms with Crippen LogP contribution in [0.4, 0.5) is 11.5 Å². The van der Waals surface area contributed by atoms with Crippen LogP contribution < -0.4 is 15.8 Å². The van der Waals surface area contributed by atoms with Gasteiger partial charge in [0.05, 0.1) is 5.56 Å². The minimum absolute atomic E-state index is 0.239. The van der Waals surface area contributed by atoms with Crippen LogP contribution in [0.5, 0.6) is 11.5 Å². The Morgan fingerprint density at radius 2 is 1.83 bits per heavy atom. The molecule has 1 aromatic heterocycles. The Kier molecular flexibility index (Phi) is 6.50. The second kappa shape index (κ2) is 9.24. The van der Waals surface area contributed by atoms with Crippen LogP contribution in [0.3, 0.4) is 0 Å². The summed E-state index contributed by atoms with van der Waals surface area (Å²) in [5, 5.41) is 2.88. The number of aromatic nitrogens is 1. The van der Waals surface area contributed by atoms with Crippen LogP contribution >= 0.6 is 0 Å². The molecular weight excluding hydrogens is 362 g/mol. The van der Waals surface area contributed by atoms with Gasteiger partial charge in [-0.25, -0.2) is 4.98 Å². The molecule has 0 saturated heterocycles. The van der Waals surface area contributed by atoms with Gasteiger partial charge in [-0.2, -0.15) is 0 Å². The third kappa shape index (κ3) is 5.13. The summed E-state index contributed by atoms with van der Waals surface area (Å²) in [4.78, 5) is 16.8. The Labute approximate surface area is 171 Å². The zero-order valence-corrected chi connectivity index (χ0v) is 17.2. The number of ether oxygens (including phenoxy) is 1. The maximum absolute atomic E-state index is 12.6. The number of carbonyl (C=O) groups is 1. The smallest absolute Gasteiger partial charge is 0.259 e. The minimum Gasteiger partial charge on any atom is -0.457 e. The van der Waals surface area contributed by atoms with Crippen molar-refractivity contribution in [2.75, 3.05) is 11.1 Å². The number of nitrogens with one attached hydrogen (secondary N) is 1. The topological polar surface area (TPSA) is 77.2 Å². The van der Waals surface area contributed by atoms with Gasteiger partial charge in [0.2, 0.25) is 0 Å². The molecule has 3 N–H and O–H groups in total. The molecule has 3 aromatic rings. The summed E-state index contributed by atoms with van der Waals surface area (Å²) in [6, 6.07) is 17.2. The third-order valence-corrected chi connectivity index (χ3v) is 4.71. The lowest BCUT2D eigenvalue weighted by atomic mass is 10.1. The summed E-state index contributed by atoms with van der Waals surface area (Å²) < 4.78 is 6.06. The lowest BCUT2D eigenvalue weighted by molar-refractivity contribution is 0.102. The van der Waals surface area contributed by atoms with E-state index in [1.165, 1.54) is 5.56 Å². The summed E-state index contributed by atoms with van der Waals surface area (Å²) in [6.07, 6.45) is 3.26. The second-order valence-corrected chi connectivity index (χ2v) is 7.13. The Balaban J connectivity index is 1.71. The molecule has 0 aliphatic heterocycles. The van der Waals surface area contributed by atoms with Crippen molar-refractivity contribution < 1.29 is 9.53 Å². The van der Waals surface area contributed by atoms with E-state index in [9.17, 15) is 4.79 Å². The predicted molar refractivity (Wildman–Crippen MR) is 118 cm³/mol. The van der Waals surface area contributed by atoms with Crippen LogP contribution in [0.25, 0.3) is 0 Å². The number of unbranched alkanes of at least 4 members (excludes halogenated alkanes) is 1. The molecule has 0 atom stereocenters. The summed E-state index contributed by atoms with van der Waals surface area (Å²) in [6.45, 7) is 5.88. The monoisotopic (exact) mass is 389 g/mol. The molecule has 150 valence electrons. The first kappa shape index (κ1) is 20.4. The fraction of sp³-hybridized carbons (Fsp3) is 0.250. The fourth-order valence-electron chi connectivity index (χ4n) is 3.27. The zero-order chi connectivity index (χ0) is 20.8. The number of benzene rings is 2. The SMILES string of the molecule is CCCCc1ccccc1Oc1ccc(NC(=O)c2c(C)cc(C)nc2N)cc1. The van der Waals surface area contributed by atoms with Gasteiger partial charge in [0, 0.05) is 11.4 Å². The predicted octanol–water partition coefficient (Wildman–Crippen LogP) is 5.67. The number of aryl methyl sites for hydroxylation is 3. The molecule has 2 aromatic carbocycles. The number of rotatable bonds is 7. The molecule has 5 nitrogen and oxygen atoms in total. The Bertz CT molecular complexity index is 974. The standard InChI is InChI=1S/C24H27N3O2/c1-4-5-8-18-9-6-7-10-21(18)29-20-13-11-19(12-14-20)27-24(28)22-16(2)15-17(3)26-23(22)25/h6-7,9-15H,4-5,8H2,1-3H3,(H2,25,26)(H,27,28). The molecule has 0 unspecified atom stereocenters. The summed E-state index contributed by atoms with van der Waals surface area (Å²) in [5.41, 5.74) is 9.80. The van der Waals surface area contributed by atoms with Crippen molar-refractivity contribution in [3.8, 4) is 11.5 Å². The van der Waals surface area contributed by atoms with Crippen LogP contribution in [-0.2, 0) is 6.42 Å². The van der Waals surface area contributed by atoms with Gasteiger partial charge >= 0.3 is 0 Å². The van der Waals surface area contributed by atoms with E-state index >= 15 is 0 Å². The number of pyridine rings is 1. The van der Waals surface area contributed by atoms with E-state index in [4.69, 9.17) is 10.5 Å². The average Bonchev–Trinajstić information content (AvgIpc) is 2.68. The highest BCUT2D eigenvalue weighted by molar-refractivity contribution is 6.08. The van der Waals surface area contributed by atoms with E-state index in [0.29, 0.717) is 11.3 Å². The number of nitrogen functional groups attached to an aromatic ring is 1. The number of carbonyl (C=O) groups excluding carboxylic acids is 1. The van der Waals surface area contributed by atoms with Gasteiger partial charge < -0.3 is 15.8 Å². The van der Waals surface area contributed by atoms with E-state index in [-0.39, 0.29) is 11.7 Å². The van der Waals surface area contributed by atoms with Gasteiger partial charge in [0.15, 0.2) is 0 Å². The molecule has 3 rings (SSSR count). The third-order valence-electron chi connectivity index (χ3n) is 4.71. The van der Waals surface area contributed by atoms with Crippen molar-refractivity contribution >= 4 is 17.4 Å². The molecule has 0 aliphatic carbocycles. The largest absolute Gasteiger partial charge is 0.457 e. The van der Waals surface area contributed by atoms with Gasteiger partial charge in [0.25, 0.3) is 5.91 Å². The zero-order valence-electron chi connectivity index (χ0n) is 17.2. The van der Waals surface area contributed by atoms with E-state index in [1.54, 1.807) is 0 Å². The van der Waals surface area contributed by atoms with E-state index in [0.717, 1.165) is 42.0 Å². The van der Waals surface area contributed by atoms with Crippen LogP contribution in [0.15, 0.2) is 54.6 Å². The normalized spacial score (nSPS) is 10.6. The van der Waals surface area contributed by atoms with Crippen molar-refractivity contribution in [2.24, 2.45) is 0 Å². The van der Waals surface area contributed by atoms with Crippen LogP contribution in [0.1, 0.15) is 46.9 Å². The fourth-order valence-corrected chi connectivity index (χ4v) is 3.27. The number of nitrogens with zero attached hydrogens (tertiary/aromatic N) is 1. The number of anilines is 2. The molecule has 0 bridgehead atoms. The van der Waals surface area contributed by atoms with Gasteiger partial charge in [0.1, 0.15) is 17.3 Å². The number of amides is 1. The summed E-state index contributed by atoms with van der Waals surface area (Å²) in [5.74, 6) is 1.56. The van der Waals surface area contributed by atoms with Gasteiger partial charge in [-0.1, -0.05) is 31.5 Å². The Morgan fingerprint density at radius 3 is 2.52 bits per heavy atom. The van der Waals surface area contributed by atoms with Crippen molar-refractivity contribution in [3.05, 3.63) is 77.0 Å². The highest BCUT2D eigenvalue weighted by Crippen LogP contribution is 2.28. The highest BCUT2D eigenvalue weighted by Gasteiger charge is 2.15. The van der Waals surface area contributed by atoms with Gasteiger partial charge in [-0.05, 0) is 74.2 Å². The second-order valence-electron chi connectivity index (χ2n) is 7.13. The van der Waals surface area contributed by atoms with Crippen LogP contribution in [-0.4, -0.2) is 10.9 Å². The van der Waals surface area contributed by atoms with Crippen molar-refractivity contribution in [1.29, 1.82) is 0 Å². The molecule has 0 aliphatic rings. The Morgan fingerprint density at radius 1 is 1.10 bits per heavy atom. The van der Waals surface area contributed by atoms with Crippen molar-refractivity contribution in [1.82, 2.24) is 4.98 Å². The van der Waals surface area contributed by atoms with Crippen LogP contribution in [0, 0.1) is 13.8 Å². The number of nitrogens with two attached hydrogens (primary N) is 1. The number of hydrogen-bond acceptors (Lipinski definition) is 4. The minimum atomic E-state index is -0.272. The highest BCUT2D eigenvalue weighted by atomic mass is 16.5. The molecule has 0 spiro atoms. The van der Waals surface area contributed by atoms with Gasteiger partial charge in [-0.15, -0.1) is 0 Å². The molecule has 29 heavy (non-hydrogen) atoms. The van der Waals surface area contributed by atoms with Crippen molar-refractivity contribution in [3.63, 3.8) is 0 Å². The van der Waals surface area contributed by atoms with E-state index in [2.05, 4.69) is 23.3 Å². The maximum atomic E-state index is 12.6. The molecule has 0 radical (unpaired) electrons.